The number of piperidine rings is 1. The summed E-state index contributed by atoms with van der Waals surface area (Å²) >= 11 is 0. The van der Waals surface area contributed by atoms with Crippen LogP contribution in [0.2, 0.25) is 0 Å². The highest BCUT2D eigenvalue weighted by Crippen LogP contribution is 2.29. The fourth-order valence-electron chi connectivity index (χ4n) is 4.22. The van der Waals surface area contributed by atoms with Crippen LogP contribution in [-0.2, 0) is 0 Å². The number of hydrogen-bond acceptors (Lipinski definition) is 7. The quantitative estimate of drug-likeness (QED) is 0.562. The highest BCUT2D eigenvalue weighted by atomic mass is 16.5. The molecule has 184 valence electrons. The summed E-state index contributed by atoms with van der Waals surface area (Å²) in [6.07, 6.45) is 1.70. The van der Waals surface area contributed by atoms with Crippen LogP contribution in [0, 0.1) is 18.3 Å². The summed E-state index contributed by atoms with van der Waals surface area (Å²) in [6.45, 7) is 3.13. The van der Waals surface area contributed by atoms with E-state index in [-0.39, 0.29) is 23.5 Å². The average Bonchev–Trinajstić information content (AvgIpc) is 2.93. The molecule has 36 heavy (non-hydrogen) atoms. The van der Waals surface area contributed by atoms with Gasteiger partial charge in [-0.1, -0.05) is 18.2 Å². The lowest BCUT2D eigenvalue weighted by molar-refractivity contribution is 0.0712. The highest BCUT2D eigenvalue weighted by molar-refractivity contribution is 6.04. The smallest absolute Gasteiger partial charge is 0.320 e. The summed E-state index contributed by atoms with van der Waals surface area (Å²) in [7, 11) is 2.85. The molecule has 0 radical (unpaired) electrons. The number of carbonyl (C=O) groups is 2. The van der Waals surface area contributed by atoms with Gasteiger partial charge in [-0.25, -0.2) is 0 Å². The number of amides is 2. The van der Waals surface area contributed by atoms with E-state index in [0.29, 0.717) is 35.8 Å². The first-order valence-corrected chi connectivity index (χ1v) is 11.6. The monoisotopic (exact) mass is 485 g/mol. The second-order valence-corrected chi connectivity index (χ2v) is 8.57. The first kappa shape index (κ1) is 24.7. The van der Waals surface area contributed by atoms with Gasteiger partial charge in [0.15, 0.2) is 0 Å². The van der Waals surface area contributed by atoms with Crippen LogP contribution in [0.1, 0.15) is 56.3 Å². The Kier molecular flexibility index (Phi) is 7.44. The SMILES string of the molecule is COc1cc(C(=O)Nc2cc(C(=O)N3CCC(c4ccc(C#N)cc4)CC3)ccc2C)nc(OC)n1. The average molecular weight is 486 g/mol. The fraction of sp³-hybridized carbons (Fsp3) is 0.296. The number of nitriles is 1. The predicted octanol–water partition coefficient (Wildman–Crippen LogP) is 3.95. The van der Waals surface area contributed by atoms with E-state index in [1.807, 2.05) is 42.2 Å². The van der Waals surface area contributed by atoms with Gasteiger partial charge in [-0.2, -0.15) is 15.2 Å². The number of aromatic nitrogens is 2. The third-order valence-electron chi connectivity index (χ3n) is 6.33. The molecule has 0 atom stereocenters. The molecule has 9 nitrogen and oxygen atoms in total. The molecule has 0 bridgehead atoms. The zero-order valence-corrected chi connectivity index (χ0v) is 20.4. The maximum atomic E-state index is 13.2. The molecule has 1 aliphatic heterocycles. The van der Waals surface area contributed by atoms with Gasteiger partial charge >= 0.3 is 6.01 Å². The second-order valence-electron chi connectivity index (χ2n) is 8.57. The van der Waals surface area contributed by atoms with Crippen LogP contribution < -0.4 is 14.8 Å². The summed E-state index contributed by atoms with van der Waals surface area (Å²) in [5, 5.41) is 11.8. The lowest BCUT2D eigenvalue weighted by Crippen LogP contribution is -2.38. The number of rotatable bonds is 6. The summed E-state index contributed by atoms with van der Waals surface area (Å²) < 4.78 is 10.2. The highest BCUT2D eigenvalue weighted by Gasteiger charge is 2.25. The van der Waals surface area contributed by atoms with Crippen LogP contribution in [0.4, 0.5) is 5.69 Å². The molecule has 1 fully saturated rings. The minimum Gasteiger partial charge on any atom is -0.481 e. The Bertz CT molecular complexity index is 1290. The van der Waals surface area contributed by atoms with Gasteiger partial charge in [-0.3, -0.25) is 9.59 Å². The van der Waals surface area contributed by atoms with E-state index in [4.69, 9.17) is 14.7 Å². The molecule has 1 N–H and O–H groups in total. The number of aryl methyl sites for hydroxylation is 1. The molecule has 3 aromatic rings. The molecular weight excluding hydrogens is 458 g/mol. The number of ether oxygens (including phenoxy) is 2. The second kappa shape index (κ2) is 10.9. The van der Waals surface area contributed by atoms with Crippen molar-refractivity contribution in [2.24, 2.45) is 0 Å². The van der Waals surface area contributed by atoms with Crippen molar-refractivity contribution in [3.8, 4) is 18.0 Å². The minimum absolute atomic E-state index is 0.0181. The Morgan fingerprint density at radius 1 is 1.03 bits per heavy atom. The van der Waals surface area contributed by atoms with Crippen molar-refractivity contribution in [2.75, 3.05) is 32.6 Å². The van der Waals surface area contributed by atoms with E-state index in [2.05, 4.69) is 21.4 Å². The van der Waals surface area contributed by atoms with Crippen molar-refractivity contribution in [3.63, 3.8) is 0 Å². The van der Waals surface area contributed by atoms with Gasteiger partial charge in [0.05, 0.1) is 25.9 Å². The van der Waals surface area contributed by atoms with E-state index >= 15 is 0 Å². The van der Waals surface area contributed by atoms with Crippen LogP contribution in [0.15, 0.2) is 48.5 Å². The Labute approximate surface area is 209 Å². The fourth-order valence-corrected chi connectivity index (χ4v) is 4.22. The predicted molar refractivity (Wildman–Crippen MR) is 133 cm³/mol. The molecule has 4 rings (SSSR count). The molecule has 2 amide bonds. The summed E-state index contributed by atoms with van der Waals surface area (Å²) in [4.78, 5) is 36.0. The molecule has 1 saturated heterocycles. The molecular formula is C27H27N5O4. The van der Waals surface area contributed by atoms with Crippen LogP contribution >= 0.6 is 0 Å². The number of carbonyl (C=O) groups excluding carboxylic acids is 2. The van der Waals surface area contributed by atoms with Gasteiger partial charge < -0.3 is 19.7 Å². The molecule has 1 aliphatic rings. The lowest BCUT2D eigenvalue weighted by atomic mass is 9.89. The molecule has 2 aromatic carbocycles. The minimum atomic E-state index is -0.468. The van der Waals surface area contributed by atoms with Gasteiger partial charge in [-0.15, -0.1) is 0 Å². The van der Waals surface area contributed by atoms with Gasteiger partial charge in [-0.05, 0) is 61.1 Å². The van der Waals surface area contributed by atoms with Crippen molar-refractivity contribution < 1.29 is 19.1 Å². The van der Waals surface area contributed by atoms with Crippen LogP contribution in [0.3, 0.4) is 0 Å². The van der Waals surface area contributed by atoms with Gasteiger partial charge in [0.2, 0.25) is 5.88 Å². The maximum absolute atomic E-state index is 13.2. The number of methoxy groups -OCH3 is 2. The Morgan fingerprint density at radius 2 is 1.75 bits per heavy atom. The van der Waals surface area contributed by atoms with Crippen molar-refractivity contribution in [2.45, 2.75) is 25.7 Å². The Morgan fingerprint density at radius 3 is 2.39 bits per heavy atom. The zero-order valence-electron chi connectivity index (χ0n) is 20.4. The summed E-state index contributed by atoms with van der Waals surface area (Å²) in [5.74, 6) is 0.0210. The first-order valence-electron chi connectivity index (χ1n) is 11.6. The third kappa shape index (κ3) is 5.44. The number of nitrogens with one attached hydrogen (secondary N) is 1. The van der Waals surface area contributed by atoms with Crippen LogP contribution in [-0.4, -0.2) is 54.0 Å². The maximum Gasteiger partial charge on any atom is 0.320 e. The molecule has 0 aliphatic carbocycles. The van der Waals surface area contributed by atoms with Crippen molar-refractivity contribution in [1.29, 1.82) is 5.26 Å². The van der Waals surface area contributed by atoms with Gasteiger partial charge in [0.1, 0.15) is 5.69 Å². The van der Waals surface area contributed by atoms with Crippen molar-refractivity contribution >= 4 is 17.5 Å². The molecule has 1 aromatic heterocycles. The first-order chi connectivity index (χ1) is 17.4. The zero-order chi connectivity index (χ0) is 25.7. The van der Waals surface area contributed by atoms with Crippen LogP contribution in [0.5, 0.6) is 11.9 Å². The molecule has 0 saturated carbocycles. The van der Waals surface area contributed by atoms with Gasteiger partial charge in [0, 0.05) is 30.4 Å². The normalized spacial score (nSPS) is 13.6. The van der Waals surface area contributed by atoms with E-state index in [9.17, 15) is 9.59 Å². The molecule has 9 heteroatoms. The Hall–Kier alpha value is -4.45. The van der Waals surface area contributed by atoms with E-state index in [0.717, 1.165) is 18.4 Å². The third-order valence-corrected chi connectivity index (χ3v) is 6.33. The topological polar surface area (TPSA) is 117 Å². The number of likely N-dealkylation sites (tertiary alicyclic amines) is 1. The lowest BCUT2D eigenvalue weighted by Gasteiger charge is -2.32. The van der Waals surface area contributed by atoms with Crippen molar-refractivity contribution in [3.05, 3.63) is 76.5 Å². The van der Waals surface area contributed by atoms with E-state index in [1.165, 1.54) is 25.8 Å². The van der Waals surface area contributed by atoms with Crippen LogP contribution in [0.25, 0.3) is 0 Å². The van der Waals surface area contributed by atoms with Gasteiger partial charge in [0.25, 0.3) is 11.8 Å². The molecule has 0 spiro atoms. The van der Waals surface area contributed by atoms with E-state index in [1.54, 1.807) is 12.1 Å². The number of nitrogens with zero attached hydrogens (tertiary/aromatic N) is 4. The van der Waals surface area contributed by atoms with E-state index < -0.39 is 5.91 Å². The number of anilines is 1. The molecule has 2 heterocycles. The summed E-state index contributed by atoms with van der Waals surface area (Å²) in [6, 6.07) is 16.5. The Balaban J connectivity index is 1.44. The number of hydrogen-bond donors (Lipinski definition) is 1. The van der Waals surface area contributed by atoms with Crippen molar-refractivity contribution in [1.82, 2.24) is 14.9 Å². The summed E-state index contributed by atoms with van der Waals surface area (Å²) in [5.41, 5.74) is 3.76. The molecule has 0 unspecified atom stereocenters. The largest absolute Gasteiger partial charge is 0.481 e. The number of benzene rings is 2. The standard InChI is InChI=1S/C27H27N5O4/c1-17-4-7-21(14-22(17)29-25(33)23-15-24(35-2)31-27(30-23)36-3)26(34)32-12-10-20(11-13-32)19-8-5-18(16-28)6-9-19/h4-9,14-15,20H,10-13H2,1-3H3,(H,29,33).